The van der Waals surface area contributed by atoms with Gasteiger partial charge in [0.15, 0.2) is 0 Å². The van der Waals surface area contributed by atoms with Crippen LogP contribution in [0.5, 0.6) is 0 Å². The highest BCUT2D eigenvalue weighted by Gasteiger charge is 2.06. The van der Waals surface area contributed by atoms with E-state index in [-0.39, 0.29) is 0 Å². The summed E-state index contributed by atoms with van der Waals surface area (Å²) in [5.41, 5.74) is 3.01. The van der Waals surface area contributed by atoms with Crippen LogP contribution in [-0.2, 0) is 12.8 Å². The van der Waals surface area contributed by atoms with Crippen LogP contribution in [-0.4, -0.2) is 9.97 Å². The number of unbranched alkanes of at least 4 members (excludes halogenated alkanes) is 6. The molecule has 2 rings (SSSR count). The van der Waals surface area contributed by atoms with Gasteiger partial charge in [-0.05, 0) is 42.7 Å². The van der Waals surface area contributed by atoms with Crippen LogP contribution < -0.4 is 0 Å². The Hall–Kier alpha value is -1.57. The Balaban J connectivity index is 1.59. The average Bonchev–Trinajstić information content (AvgIpc) is 3.15. The van der Waals surface area contributed by atoms with Crippen LogP contribution in [0.2, 0.25) is 0 Å². The summed E-state index contributed by atoms with van der Waals surface area (Å²) in [5, 5.41) is 0. The van der Waals surface area contributed by atoms with Crippen molar-refractivity contribution in [3.8, 4) is 0 Å². The van der Waals surface area contributed by atoms with Crippen molar-refractivity contribution in [2.24, 2.45) is 0 Å². The molecule has 0 aliphatic rings. The Bertz CT molecular complexity index is 542. The molecule has 1 unspecified atom stereocenters. The zero-order valence-electron chi connectivity index (χ0n) is 16.3. The fraction of sp³-hybridized carbons (Fsp3) is 0.609. The summed E-state index contributed by atoms with van der Waals surface area (Å²) >= 11 is 0. The Morgan fingerprint density at radius 2 is 1.60 bits per heavy atom. The molecule has 0 saturated carbocycles. The van der Waals surface area contributed by atoms with Gasteiger partial charge in [0.1, 0.15) is 5.82 Å². The van der Waals surface area contributed by atoms with E-state index in [2.05, 4.69) is 48.1 Å². The summed E-state index contributed by atoms with van der Waals surface area (Å²) in [6.45, 7) is 4.64. The summed E-state index contributed by atoms with van der Waals surface area (Å²) in [6.07, 6.45) is 18.0. The highest BCUT2D eigenvalue weighted by atomic mass is 14.9. The van der Waals surface area contributed by atoms with Gasteiger partial charge in [-0.2, -0.15) is 0 Å². The number of aryl methyl sites for hydroxylation is 2. The van der Waals surface area contributed by atoms with E-state index in [1.165, 1.54) is 75.3 Å². The lowest BCUT2D eigenvalue weighted by molar-refractivity contribution is 0.580. The SMILES string of the molecule is CCCCCCCc1ccc(C(C)CCCCCc2ncc[nH]2)cc1. The Kier molecular flexibility index (Phi) is 9.40. The van der Waals surface area contributed by atoms with E-state index in [4.69, 9.17) is 0 Å². The van der Waals surface area contributed by atoms with Crippen LogP contribution in [0.3, 0.4) is 0 Å². The van der Waals surface area contributed by atoms with Crippen LogP contribution >= 0.6 is 0 Å². The largest absolute Gasteiger partial charge is 0.349 e. The smallest absolute Gasteiger partial charge is 0.105 e. The van der Waals surface area contributed by atoms with Gasteiger partial charge in [0.25, 0.3) is 0 Å². The van der Waals surface area contributed by atoms with Gasteiger partial charge >= 0.3 is 0 Å². The zero-order chi connectivity index (χ0) is 17.7. The van der Waals surface area contributed by atoms with E-state index in [1.807, 2.05) is 12.4 Å². The van der Waals surface area contributed by atoms with Crippen LogP contribution in [0.4, 0.5) is 0 Å². The maximum atomic E-state index is 4.28. The van der Waals surface area contributed by atoms with Gasteiger partial charge in [-0.25, -0.2) is 4.98 Å². The number of nitrogens with zero attached hydrogens (tertiary/aromatic N) is 1. The summed E-state index contributed by atoms with van der Waals surface area (Å²) < 4.78 is 0. The standard InChI is InChI=1S/C23H36N2/c1-3-4-5-6-9-12-21-14-16-22(17-15-21)20(2)11-8-7-10-13-23-24-18-19-25-23/h14-20H,3-13H2,1-2H3,(H,24,25). The third-order valence-corrected chi connectivity index (χ3v) is 5.22. The molecule has 2 aromatic rings. The monoisotopic (exact) mass is 340 g/mol. The first kappa shape index (κ1) is 19.8. The number of hydrogen-bond donors (Lipinski definition) is 1. The fourth-order valence-corrected chi connectivity index (χ4v) is 3.47. The fourth-order valence-electron chi connectivity index (χ4n) is 3.47. The molecule has 1 heterocycles. The third kappa shape index (κ3) is 7.90. The molecule has 2 heteroatoms. The third-order valence-electron chi connectivity index (χ3n) is 5.22. The van der Waals surface area contributed by atoms with Gasteiger partial charge in [0.2, 0.25) is 0 Å². The second-order valence-electron chi connectivity index (χ2n) is 7.44. The molecule has 0 spiro atoms. The Morgan fingerprint density at radius 3 is 2.32 bits per heavy atom. The second-order valence-corrected chi connectivity index (χ2v) is 7.44. The molecule has 25 heavy (non-hydrogen) atoms. The molecular weight excluding hydrogens is 304 g/mol. The lowest BCUT2D eigenvalue weighted by Gasteiger charge is -2.12. The van der Waals surface area contributed by atoms with Crippen molar-refractivity contribution in [1.29, 1.82) is 0 Å². The molecule has 1 aromatic heterocycles. The molecule has 2 nitrogen and oxygen atoms in total. The molecule has 0 fully saturated rings. The van der Waals surface area contributed by atoms with Gasteiger partial charge in [-0.15, -0.1) is 0 Å². The minimum atomic E-state index is 0.669. The van der Waals surface area contributed by atoms with E-state index in [0.29, 0.717) is 5.92 Å². The maximum Gasteiger partial charge on any atom is 0.105 e. The van der Waals surface area contributed by atoms with E-state index in [1.54, 1.807) is 0 Å². The molecule has 0 amide bonds. The van der Waals surface area contributed by atoms with Crippen molar-refractivity contribution < 1.29 is 0 Å². The summed E-state index contributed by atoms with van der Waals surface area (Å²) in [5.74, 6) is 1.79. The first-order valence-corrected chi connectivity index (χ1v) is 10.4. The van der Waals surface area contributed by atoms with E-state index < -0.39 is 0 Å². The average molecular weight is 341 g/mol. The number of aromatic amines is 1. The van der Waals surface area contributed by atoms with Crippen molar-refractivity contribution in [2.45, 2.75) is 90.4 Å². The van der Waals surface area contributed by atoms with Gasteiger partial charge in [-0.1, -0.05) is 76.6 Å². The van der Waals surface area contributed by atoms with Gasteiger partial charge in [-0.3, -0.25) is 0 Å². The Labute approximate surface area is 154 Å². The molecule has 0 aliphatic heterocycles. The molecule has 0 saturated heterocycles. The van der Waals surface area contributed by atoms with Gasteiger partial charge < -0.3 is 4.98 Å². The predicted octanol–water partition coefficient (Wildman–Crippen LogP) is 6.83. The van der Waals surface area contributed by atoms with Crippen molar-refractivity contribution in [3.63, 3.8) is 0 Å². The molecule has 0 radical (unpaired) electrons. The van der Waals surface area contributed by atoms with Crippen LogP contribution in [0.15, 0.2) is 36.7 Å². The second kappa shape index (κ2) is 11.9. The molecule has 138 valence electrons. The molecular formula is C23H36N2. The lowest BCUT2D eigenvalue weighted by atomic mass is 9.93. The van der Waals surface area contributed by atoms with Crippen molar-refractivity contribution in [2.75, 3.05) is 0 Å². The summed E-state index contributed by atoms with van der Waals surface area (Å²) in [7, 11) is 0. The number of nitrogens with one attached hydrogen (secondary N) is 1. The predicted molar refractivity (Wildman–Crippen MR) is 108 cm³/mol. The van der Waals surface area contributed by atoms with Gasteiger partial charge in [0.05, 0.1) is 0 Å². The minimum Gasteiger partial charge on any atom is -0.349 e. The summed E-state index contributed by atoms with van der Waals surface area (Å²) in [6, 6.07) is 9.41. The zero-order valence-corrected chi connectivity index (χ0v) is 16.3. The Morgan fingerprint density at radius 1 is 0.880 bits per heavy atom. The number of aromatic nitrogens is 2. The highest BCUT2D eigenvalue weighted by molar-refractivity contribution is 5.25. The minimum absolute atomic E-state index is 0.669. The quantitative estimate of drug-likeness (QED) is 0.398. The summed E-state index contributed by atoms with van der Waals surface area (Å²) in [4.78, 5) is 7.47. The van der Waals surface area contributed by atoms with Crippen LogP contribution in [0.25, 0.3) is 0 Å². The lowest BCUT2D eigenvalue weighted by Crippen LogP contribution is -1.96. The molecule has 1 aromatic carbocycles. The number of benzene rings is 1. The molecule has 0 aliphatic carbocycles. The van der Waals surface area contributed by atoms with E-state index in [0.717, 1.165) is 12.2 Å². The highest BCUT2D eigenvalue weighted by Crippen LogP contribution is 2.23. The van der Waals surface area contributed by atoms with Crippen molar-refractivity contribution >= 4 is 0 Å². The number of hydrogen-bond acceptors (Lipinski definition) is 1. The molecule has 1 atom stereocenters. The van der Waals surface area contributed by atoms with E-state index >= 15 is 0 Å². The van der Waals surface area contributed by atoms with E-state index in [9.17, 15) is 0 Å². The number of rotatable bonds is 13. The normalized spacial score (nSPS) is 12.4. The van der Waals surface area contributed by atoms with Crippen LogP contribution in [0, 0.1) is 0 Å². The van der Waals surface area contributed by atoms with Crippen LogP contribution in [0.1, 0.15) is 94.5 Å². The van der Waals surface area contributed by atoms with Crippen molar-refractivity contribution in [3.05, 3.63) is 53.6 Å². The first-order chi connectivity index (χ1) is 12.3. The molecule has 1 N–H and O–H groups in total. The van der Waals surface area contributed by atoms with Crippen molar-refractivity contribution in [1.82, 2.24) is 9.97 Å². The first-order valence-electron chi connectivity index (χ1n) is 10.4. The molecule has 0 bridgehead atoms. The number of imidazole rings is 1. The van der Waals surface area contributed by atoms with Gasteiger partial charge in [0, 0.05) is 18.8 Å². The maximum absolute atomic E-state index is 4.28. The number of H-pyrrole nitrogens is 1. The topological polar surface area (TPSA) is 28.7 Å².